The molecule has 0 aliphatic rings. The Bertz CT molecular complexity index is 374. The van der Waals surface area contributed by atoms with E-state index in [2.05, 4.69) is 33.0 Å². The van der Waals surface area contributed by atoms with Gasteiger partial charge in [-0.2, -0.15) is 0 Å². The van der Waals surface area contributed by atoms with Gasteiger partial charge >= 0.3 is 0 Å². The Morgan fingerprint density at radius 1 is 1.35 bits per heavy atom. The number of halogens is 2. The molecule has 17 heavy (non-hydrogen) atoms. The summed E-state index contributed by atoms with van der Waals surface area (Å²) in [6.07, 6.45) is 0. The van der Waals surface area contributed by atoms with Crippen molar-refractivity contribution in [2.24, 2.45) is 5.92 Å². The van der Waals surface area contributed by atoms with Gasteiger partial charge in [-0.05, 0) is 30.2 Å². The number of hydrogen-bond donors (Lipinski definition) is 1. The standard InChI is InChI=1S/C14H21ClFN/c1-10(2)8-17-9-14(3,4)12-6-5-11(16)7-13(12)15/h5-7,10,17H,8-9H2,1-4H3. The van der Waals surface area contributed by atoms with E-state index in [9.17, 15) is 4.39 Å². The van der Waals surface area contributed by atoms with Crippen LogP contribution in [0.1, 0.15) is 33.3 Å². The summed E-state index contributed by atoms with van der Waals surface area (Å²) in [5.74, 6) is 0.333. The van der Waals surface area contributed by atoms with Gasteiger partial charge in [0.15, 0.2) is 0 Å². The lowest BCUT2D eigenvalue weighted by Crippen LogP contribution is -2.35. The fraction of sp³-hybridized carbons (Fsp3) is 0.571. The highest BCUT2D eigenvalue weighted by atomic mass is 35.5. The summed E-state index contributed by atoms with van der Waals surface area (Å²) in [5, 5.41) is 3.91. The van der Waals surface area contributed by atoms with Crippen molar-refractivity contribution >= 4 is 11.6 Å². The van der Waals surface area contributed by atoms with Gasteiger partial charge in [0.05, 0.1) is 0 Å². The second kappa shape index (κ2) is 5.83. The first-order valence-electron chi connectivity index (χ1n) is 5.99. The second-order valence-electron chi connectivity index (χ2n) is 5.53. The van der Waals surface area contributed by atoms with Gasteiger partial charge in [-0.1, -0.05) is 45.4 Å². The molecule has 1 aromatic carbocycles. The van der Waals surface area contributed by atoms with Crippen LogP contribution >= 0.6 is 11.6 Å². The molecule has 1 nitrogen and oxygen atoms in total. The maximum absolute atomic E-state index is 13.0. The highest BCUT2D eigenvalue weighted by Crippen LogP contribution is 2.29. The lowest BCUT2D eigenvalue weighted by molar-refractivity contribution is 0.442. The van der Waals surface area contributed by atoms with Crippen molar-refractivity contribution in [1.82, 2.24) is 5.32 Å². The third-order valence-corrected chi connectivity index (χ3v) is 3.09. The van der Waals surface area contributed by atoms with E-state index in [1.165, 1.54) is 12.1 Å². The molecule has 0 atom stereocenters. The fourth-order valence-corrected chi connectivity index (χ4v) is 2.23. The predicted octanol–water partition coefficient (Wildman–Crippen LogP) is 4.00. The van der Waals surface area contributed by atoms with Crippen LogP contribution in [0.4, 0.5) is 4.39 Å². The minimum Gasteiger partial charge on any atom is -0.316 e. The average Bonchev–Trinajstić information content (AvgIpc) is 2.15. The maximum Gasteiger partial charge on any atom is 0.124 e. The zero-order valence-corrected chi connectivity index (χ0v) is 11.7. The molecule has 1 N–H and O–H groups in total. The summed E-state index contributed by atoms with van der Waals surface area (Å²) in [4.78, 5) is 0. The molecular formula is C14H21ClFN. The topological polar surface area (TPSA) is 12.0 Å². The van der Waals surface area contributed by atoms with Crippen LogP contribution in [0.3, 0.4) is 0 Å². The van der Waals surface area contributed by atoms with E-state index in [0.717, 1.165) is 18.7 Å². The maximum atomic E-state index is 13.0. The fourth-order valence-electron chi connectivity index (χ4n) is 1.81. The van der Waals surface area contributed by atoms with E-state index in [1.807, 2.05) is 0 Å². The molecule has 1 aromatic rings. The Balaban J connectivity index is 2.74. The molecule has 0 aromatic heterocycles. The Labute approximate surface area is 108 Å². The lowest BCUT2D eigenvalue weighted by Gasteiger charge is -2.27. The monoisotopic (exact) mass is 257 g/mol. The first kappa shape index (κ1) is 14.5. The quantitative estimate of drug-likeness (QED) is 0.841. The van der Waals surface area contributed by atoms with Crippen molar-refractivity contribution in [3.8, 4) is 0 Å². The van der Waals surface area contributed by atoms with Gasteiger partial charge in [0, 0.05) is 17.0 Å². The third kappa shape index (κ3) is 4.29. The molecule has 0 amide bonds. The van der Waals surface area contributed by atoms with E-state index in [-0.39, 0.29) is 11.2 Å². The molecule has 3 heteroatoms. The van der Waals surface area contributed by atoms with Gasteiger partial charge in [-0.3, -0.25) is 0 Å². The van der Waals surface area contributed by atoms with E-state index < -0.39 is 0 Å². The van der Waals surface area contributed by atoms with Crippen molar-refractivity contribution < 1.29 is 4.39 Å². The predicted molar refractivity (Wildman–Crippen MR) is 72.1 cm³/mol. The number of rotatable bonds is 5. The van der Waals surface area contributed by atoms with Crippen LogP contribution in [0.5, 0.6) is 0 Å². The summed E-state index contributed by atoms with van der Waals surface area (Å²) >= 11 is 6.09. The molecule has 96 valence electrons. The van der Waals surface area contributed by atoms with E-state index >= 15 is 0 Å². The van der Waals surface area contributed by atoms with Crippen LogP contribution in [-0.4, -0.2) is 13.1 Å². The highest BCUT2D eigenvalue weighted by Gasteiger charge is 2.23. The van der Waals surface area contributed by atoms with Gasteiger partial charge in [0.2, 0.25) is 0 Å². The summed E-state index contributed by atoms with van der Waals surface area (Å²) in [7, 11) is 0. The van der Waals surface area contributed by atoms with Crippen LogP contribution in [0.25, 0.3) is 0 Å². The molecule has 0 bridgehead atoms. The zero-order chi connectivity index (χ0) is 13.1. The molecule has 0 saturated heterocycles. The van der Waals surface area contributed by atoms with Crippen molar-refractivity contribution in [1.29, 1.82) is 0 Å². The summed E-state index contributed by atoms with van der Waals surface area (Å²) in [6, 6.07) is 4.61. The third-order valence-electron chi connectivity index (χ3n) is 2.78. The molecule has 0 aliphatic heterocycles. The smallest absolute Gasteiger partial charge is 0.124 e. The average molecular weight is 258 g/mol. The Hall–Kier alpha value is -0.600. The van der Waals surface area contributed by atoms with Crippen LogP contribution in [-0.2, 0) is 5.41 Å². The van der Waals surface area contributed by atoms with Gasteiger partial charge < -0.3 is 5.32 Å². The lowest BCUT2D eigenvalue weighted by atomic mass is 9.84. The van der Waals surface area contributed by atoms with E-state index in [0.29, 0.717) is 10.9 Å². The molecule has 0 radical (unpaired) electrons. The number of benzene rings is 1. The first-order valence-corrected chi connectivity index (χ1v) is 6.37. The van der Waals surface area contributed by atoms with Crippen LogP contribution in [0, 0.1) is 11.7 Å². The number of nitrogens with one attached hydrogen (secondary N) is 1. The molecule has 1 rings (SSSR count). The van der Waals surface area contributed by atoms with E-state index in [1.54, 1.807) is 6.07 Å². The first-order chi connectivity index (χ1) is 7.83. The minimum absolute atomic E-state index is 0.0975. The molecule has 0 heterocycles. The summed E-state index contributed by atoms with van der Waals surface area (Å²) < 4.78 is 13.0. The molecule has 0 spiro atoms. The highest BCUT2D eigenvalue weighted by molar-refractivity contribution is 6.31. The van der Waals surface area contributed by atoms with Crippen molar-refractivity contribution in [3.05, 3.63) is 34.6 Å². The molecule has 0 fully saturated rings. The van der Waals surface area contributed by atoms with E-state index in [4.69, 9.17) is 11.6 Å². The Morgan fingerprint density at radius 2 is 2.00 bits per heavy atom. The molecule has 0 unspecified atom stereocenters. The minimum atomic E-state index is -0.287. The van der Waals surface area contributed by atoms with Crippen LogP contribution in [0.15, 0.2) is 18.2 Å². The van der Waals surface area contributed by atoms with Crippen LogP contribution < -0.4 is 5.32 Å². The molecular weight excluding hydrogens is 237 g/mol. The van der Waals surface area contributed by atoms with Crippen molar-refractivity contribution in [2.75, 3.05) is 13.1 Å². The molecule has 0 aliphatic carbocycles. The van der Waals surface area contributed by atoms with Crippen LogP contribution in [0.2, 0.25) is 5.02 Å². The molecule has 0 saturated carbocycles. The van der Waals surface area contributed by atoms with Gasteiger partial charge in [-0.15, -0.1) is 0 Å². The van der Waals surface area contributed by atoms with Gasteiger partial charge in [-0.25, -0.2) is 4.39 Å². The largest absolute Gasteiger partial charge is 0.316 e. The van der Waals surface area contributed by atoms with Crippen molar-refractivity contribution in [3.63, 3.8) is 0 Å². The van der Waals surface area contributed by atoms with Gasteiger partial charge in [0.1, 0.15) is 5.82 Å². The SMILES string of the molecule is CC(C)CNCC(C)(C)c1ccc(F)cc1Cl. The zero-order valence-electron chi connectivity index (χ0n) is 11.0. The summed E-state index contributed by atoms with van der Waals surface area (Å²) in [6.45, 7) is 10.4. The normalized spacial score (nSPS) is 12.2. The summed E-state index contributed by atoms with van der Waals surface area (Å²) in [5.41, 5.74) is 0.886. The Morgan fingerprint density at radius 3 is 2.53 bits per heavy atom. The second-order valence-corrected chi connectivity index (χ2v) is 5.94. The van der Waals surface area contributed by atoms with Crippen molar-refractivity contribution in [2.45, 2.75) is 33.1 Å². The number of hydrogen-bond acceptors (Lipinski definition) is 1. The van der Waals surface area contributed by atoms with Gasteiger partial charge in [0.25, 0.3) is 0 Å². The Kier molecular flexibility index (Phi) is 4.96.